The Morgan fingerprint density at radius 3 is 1.79 bits per heavy atom. The van der Waals surface area contributed by atoms with E-state index in [4.69, 9.17) is 9.47 Å². The van der Waals surface area contributed by atoms with Crippen LogP contribution >= 0.6 is 0 Å². The summed E-state index contributed by atoms with van der Waals surface area (Å²) in [5.41, 5.74) is 0. The summed E-state index contributed by atoms with van der Waals surface area (Å²) in [5.74, 6) is 0.843. The van der Waals surface area contributed by atoms with Gasteiger partial charge in [-0.3, -0.25) is 9.59 Å². The van der Waals surface area contributed by atoms with Crippen molar-refractivity contribution in [1.82, 2.24) is 10.6 Å². The summed E-state index contributed by atoms with van der Waals surface area (Å²) in [6.07, 6.45) is 0.367. The van der Waals surface area contributed by atoms with Crippen LogP contribution in [0.25, 0.3) is 0 Å². The molecule has 0 heterocycles. The first-order chi connectivity index (χ1) is 14.0. The van der Waals surface area contributed by atoms with E-state index in [1.807, 2.05) is 55.5 Å². The fraction of sp³-hybridized carbons (Fsp3) is 0.391. The van der Waals surface area contributed by atoms with Crippen molar-refractivity contribution in [3.8, 4) is 11.5 Å². The summed E-state index contributed by atoms with van der Waals surface area (Å²) in [7, 11) is 0. The molecule has 6 heteroatoms. The van der Waals surface area contributed by atoms with Gasteiger partial charge in [-0.1, -0.05) is 49.7 Å². The maximum atomic E-state index is 12.5. The van der Waals surface area contributed by atoms with Gasteiger partial charge in [0.15, 0.2) is 12.2 Å². The van der Waals surface area contributed by atoms with Gasteiger partial charge in [0, 0.05) is 12.6 Å². The maximum Gasteiger partial charge on any atom is 0.261 e. The molecule has 0 saturated carbocycles. The minimum absolute atomic E-state index is 0.179. The highest BCUT2D eigenvalue weighted by Gasteiger charge is 2.21. The van der Waals surface area contributed by atoms with Gasteiger partial charge >= 0.3 is 0 Å². The third-order valence-corrected chi connectivity index (χ3v) is 4.36. The molecule has 0 radical (unpaired) electrons. The molecule has 2 rings (SSSR count). The second-order valence-corrected chi connectivity index (χ2v) is 6.89. The molecule has 2 N–H and O–H groups in total. The number of amides is 2. The number of benzene rings is 2. The lowest BCUT2D eigenvalue weighted by atomic mass is 10.1. The van der Waals surface area contributed by atoms with Crippen LogP contribution in [0.5, 0.6) is 11.5 Å². The van der Waals surface area contributed by atoms with Crippen LogP contribution in [0.3, 0.4) is 0 Å². The molecule has 0 bridgehead atoms. The van der Waals surface area contributed by atoms with Gasteiger partial charge in [-0.05, 0) is 44.5 Å². The highest BCUT2D eigenvalue weighted by atomic mass is 16.5. The van der Waals surface area contributed by atoms with Crippen LogP contribution in [0.15, 0.2) is 60.7 Å². The molecule has 2 aromatic rings. The molecule has 0 aliphatic rings. The zero-order chi connectivity index (χ0) is 21.1. The van der Waals surface area contributed by atoms with E-state index < -0.39 is 12.2 Å². The molecule has 0 fully saturated rings. The number of hydrogen-bond acceptors (Lipinski definition) is 4. The Labute approximate surface area is 172 Å². The first-order valence-corrected chi connectivity index (χ1v) is 10.0. The lowest BCUT2D eigenvalue weighted by Crippen LogP contribution is -2.49. The van der Waals surface area contributed by atoms with Gasteiger partial charge in [0.2, 0.25) is 0 Å². The topological polar surface area (TPSA) is 76.7 Å². The Bertz CT molecular complexity index is 752. The SMILES string of the molecule is CCCC(CNC(=O)C(C)Oc1ccccc1)NC(=O)C(C)Oc1ccccc1. The summed E-state index contributed by atoms with van der Waals surface area (Å²) in [6, 6.07) is 18.2. The Hall–Kier alpha value is -3.02. The van der Waals surface area contributed by atoms with E-state index in [-0.39, 0.29) is 17.9 Å². The minimum atomic E-state index is -0.632. The molecule has 6 nitrogen and oxygen atoms in total. The summed E-state index contributed by atoms with van der Waals surface area (Å²) >= 11 is 0. The van der Waals surface area contributed by atoms with Crippen molar-refractivity contribution in [1.29, 1.82) is 0 Å². The van der Waals surface area contributed by atoms with Crippen LogP contribution in [-0.4, -0.2) is 36.6 Å². The van der Waals surface area contributed by atoms with Gasteiger partial charge in [0.1, 0.15) is 11.5 Å². The Morgan fingerprint density at radius 1 is 0.828 bits per heavy atom. The number of ether oxygens (including phenoxy) is 2. The molecule has 156 valence electrons. The van der Waals surface area contributed by atoms with E-state index in [0.717, 1.165) is 12.8 Å². The number of carbonyl (C=O) groups is 2. The van der Waals surface area contributed by atoms with E-state index in [2.05, 4.69) is 10.6 Å². The summed E-state index contributed by atoms with van der Waals surface area (Å²) in [5, 5.41) is 5.82. The van der Waals surface area contributed by atoms with Gasteiger partial charge < -0.3 is 20.1 Å². The monoisotopic (exact) mass is 398 g/mol. The zero-order valence-electron chi connectivity index (χ0n) is 17.3. The van der Waals surface area contributed by atoms with Crippen LogP contribution < -0.4 is 20.1 Å². The number of hydrogen-bond donors (Lipinski definition) is 2. The van der Waals surface area contributed by atoms with Crippen molar-refractivity contribution >= 4 is 11.8 Å². The molecular weight excluding hydrogens is 368 g/mol. The van der Waals surface area contributed by atoms with Gasteiger partial charge in [-0.15, -0.1) is 0 Å². The molecule has 29 heavy (non-hydrogen) atoms. The highest BCUT2D eigenvalue weighted by Crippen LogP contribution is 2.12. The summed E-state index contributed by atoms with van der Waals surface area (Å²) in [4.78, 5) is 24.8. The smallest absolute Gasteiger partial charge is 0.261 e. The van der Waals surface area contributed by atoms with Crippen LogP contribution in [0, 0.1) is 0 Å². The van der Waals surface area contributed by atoms with E-state index >= 15 is 0 Å². The van der Waals surface area contributed by atoms with E-state index in [0.29, 0.717) is 18.0 Å². The Kier molecular flexibility index (Phi) is 9.02. The first kappa shape index (κ1) is 22.3. The highest BCUT2D eigenvalue weighted by molar-refractivity contribution is 5.82. The standard InChI is InChI=1S/C23H30N2O4/c1-4-11-19(25-23(27)18(3)29-21-14-9-6-10-15-21)16-24-22(26)17(2)28-20-12-7-5-8-13-20/h5-10,12-15,17-19H,4,11,16H2,1-3H3,(H,24,26)(H,25,27). The molecule has 2 amide bonds. The first-order valence-electron chi connectivity index (χ1n) is 10.0. The molecule has 2 aromatic carbocycles. The largest absolute Gasteiger partial charge is 0.481 e. The van der Waals surface area contributed by atoms with Crippen LogP contribution in [0.2, 0.25) is 0 Å². The summed E-state index contributed by atoms with van der Waals surface area (Å²) in [6.45, 7) is 5.77. The van der Waals surface area contributed by atoms with Crippen molar-refractivity contribution in [2.24, 2.45) is 0 Å². The molecular formula is C23H30N2O4. The number of nitrogens with one attached hydrogen (secondary N) is 2. The second kappa shape index (κ2) is 11.7. The quantitative estimate of drug-likeness (QED) is 0.609. The van der Waals surface area contributed by atoms with Gasteiger partial charge in [-0.25, -0.2) is 0 Å². The molecule has 0 aliphatic carbocycles. The fourth-order valence-electron chi connectivity index (χ4n) is 2.77. The van der Waals surface area contributed by atoms with Gasteiger partial charge in [-0.2, -0.15) is 0 Å². The maximum absolute atomic E-state index is 12.5. The minimum Gasteiger partial charge on any atom is -0.481 e. The average Bonchev–Trinajstić information content (AvgIpc) is 2.73. The number of rotatable bonds is 11. The molecule has 0 saturated heterocycles. The van der Waals surface area contributed by atoms with Crippen LogP contribution in [0.4, 0.5) is 0 Å². The molecule has 0 aliphatic heterocycles. The van der Waals surface area contributed by atoms with Gasteiger partial charge in [0.25, 0.3) is 11.8 Å². The van der Waals surface area contributed by atoms with E-state index in [9.17, 15) is 9.59 Å². The normalized spacial score (nSPS) is 13.6. The van der Waals surface area contributed by atoms with Crippen molar-refractivity contribution in [2.75, 3.05) is 6.54 Å². The molecule has 0 aromatic heterocycles. The Balaban J connectivity index is 1.82. The lowest BCUT2D eigenvalue weighted by molar-refractivity contribution is -0.129. The van der Waals surface area contributed by atoms with Crippen molar-refractivity contribution in [3.63, 3.8) is 0 Å². The predicted octanol–water partition coefficient (Wildman–Crippen LogP) is 3.32. The molecule has 3 unspecified atom stereocenters. The van der Waals surface area contributed by atoms with Crippen molar-refractivity contribution < 1.29 is 19.1 Å². The number of carbonyl (C=O) groups excluding carboxylic acids is 2. The van der Waals surface area contributed by atoms with Crippen LogP contribution in [-0.2, 0) is 9.59 Å². The van der Waals surface area contributed by atoms with Crippen molar-refractivity contribution in [2.45, 2.75) is 51.9 Å². The third kappa shape index (κ3) is 7.86. The van der Waals surface area contributed by atoms with Crippen molar-refractivity contribution in [3.05, 3.63) is 60.7 Å². The van der Waals surface area contributed by atoms with Gasteiger partial charge in [0.05, 0.1) is 0 Å². The fourth-order valence-corrected chi connectivity index (χ4v) is 2.77. The molecule has 3 atom stereocenters. The Morgan fingerprint density at radius 2 is 1.31 bits per heavy atom. The molecule has 0 spiro atoms. The number of para-hydroxylation sites is 2. The average molecular weight is 399 g/mol. The zero-order valence-corrected chi connectivity index (χ0v) is 17.3. The summed E-state index contributed by atoms with van der Waals surface area (Å²) < 4.78 is 11.3. The second-order valence-electron chi connectivity index (χ2n) is 6.89. The third-order valence-electron chi connectivity index (χ3n) is 4.36. The van der Waals surface area contributed by atoms with Crippen LogP contribution in [0.1, 0.15) is 33.6 Å². The predicted molar refractivity (Wildman–Crippen MR) is 113 cm³/mol. The van der Waals surface area contributed by atoms with E-state index in [1.165, 1.54) is 0 Å². The van der Waals surface area contributed by atoms with E-state index in [1.54, 1.807) is 26.0 Å². The lowest BCUT2D eigenvalue weighted by Gasteiger charge is -2.23.